The van der Waals surface area contributed by atoms with Gasteiger partial charge in [0.15, 0.2) is 0 Å². The van der Waals surface area contributed by atoms with Crippen LogP contribution < -0.4 is 4.74 Å². The maximum atomic E-state index is 5.05. The second-order valence-corrected chi connectivity index (χ2v) is 2.81. The lowest BCUT2D eigenvalue weighted by atomic mass is 10.2. The zero-order valence-electron chi connectivity index (χ0n) is 8.16. The molecule has 0 saturated heterocycles. The molecule has 0 unspecified atom stereocenters. The van der Waals surface area contributed by atoms with Gasteiger partial charge in [0, 0.05) is 12.8 Å². The molecule has 0 aromatic heterocycles. The van der Waals surface area contributed by atoms with Crippen LogP contribution in [0.5, 0.6) is 5.75 Å². The lowest BCUT2D eigenvalue weighted by Crippen LogP contribution is -1.85. The molecule has 2 heteroatoms. The quantitative estimate of drug-likeness (QED) is 0.647. The first kappa shape index (κ1) is 9.78. The Morgan fingerprint density at radius 1 is 1.31 bits per heavy atom. The van der Waals surface area contributed by atoms with Crippen LogP contribution in [0, 0.1) is 0 Å². The number of nitrogens with zero attached hydrogens (tertiary/aromatic N) is 1. The summed E-state index contributed by atoms with van der Waals surface area (Å²) in [5.41, 5.74) is 1.12. The fourth-order valence-electron chi connectivity index (χ4n) is 0.989. The molecule has 1 aromatic rings. The lowest BCUT2D eigenvalue weighted by Gasteiger charge is -1.98. The van der Waals surface area contributed by atoms with Gasteiger partial charge in [0.2, 0.25) is 0 Å². The highest BCUT2D eigenvalue weighted by atomic mass is 16.5. The fourth-order valence-corrected chi connectivity index (χ4v) is 0.989. The number of rotatable bonds is 4. The molecule has 0 aliphatic carbocycles. The average molecular weight is 177 g/mol. The number of hydrogen-bond acceptors (Lipinski definition) is 2. The van der Waals surface area contributed by atoms with Gasteiger partial charge < -0.3 is 4.74 Å². The molecule has 13 heavy (non-hydrogen) atoms. The van der Waals surface area contributed by atoms with Crippen LogP contribution in [0.3, 0.4) is 0 Å². The van der Waals surface area contributed by atoms with Crippen LogP contribution in [0.15, 0.2) is 29.3 Å². The molecule has 0 atom stereocenters. The summed E-state index contributed by atoms with van der Waals surface area (Å²) < 4.78 is 5.05. The van der Waals surface area contributed by atoms with E-state index in [0.29, 0.717) is 0 Å². The zero-order chi connectivity index (χ0) is 9.52. The molecule has 0 heterocycles. The van der Waals surface area contributed by atoms with Crippen molar-refractivity contribution in [2.45, 2.75) is 13.3 Å². The Kier molecular flexibility index (Phi) is 4.03. The standard InChI is InChI=1S/C11H15NO/c1-3-8-12-9-10-4-6-11(13-2)7-5-10/h4-7,9H,3,8H2,1-2H3/b12-9+. The highest BCUT2D eigenvalue weighted by Gasteiger charge is 1.89. The first-order valence-corrected chi connectivity index (χ1v) is 4.50. The Morgan fingerprint density at radius 2 is 2.00 bits per heavy atom. The summed E-state index contributed by atoms with van der Waals surface area (Å²) in [5, 5.41) is 0. The molecule has 0 bridgehead atoms. The van der Waals surface area contributed by atoms with Gasteiger partial charge in [-0.1, -0.05) is 6.92 Å². The predicted octanol–water partition coefficient (Wildman–Crippen LogP) is 2.52. The zero-order valence-corrected chi connectivity index (χ0v) is 8.16. The van der Waals surface area contributed by atoms with Crippen LogP contribution in [-0.2, 0) is 0 Å². The van der Waals surface area contributed by atoms with Crippen LogP contribution in [0.25, 0.3) is 0 Å². The lowest BCUT2D eigenvalue weighted by molar-refractivity contribution is 0.415. The molecule has 0 radical (unpaired) electrons. The molecular weight excluding hydrogens is 162 g/mol. The van der Waals surface area contributed by atoms with Crippen LogP contribution >= 0.6 is 0 Å². The van der Waals surface area contributed by atoms with E-state index in [0.717, 1.165) is 24.3 Å². The molecule has 0 spiro atoms. The van der Waals surface area contributed by atoms with Gasteiger partial charge in [-0.15, -0.1) is 0 Å². The van der Waals surface area contributed by atoms with E-state index in [4.69, 9.17) is 4.74 Å². The minimum Gasteiger partial charge on any atom is -0.497 e. The van der Waals surface area contributed by atoms with Crippen molar-refractivity contribution in [3.05, 3.63) is 29.8 Å². The van der Waals surface area contributed by atoms with E-state index >= 15 is 0 Å². The molecule has 0 saturated carbocycles. The smallest absolute Gasteiger partial charge is 0.118 e. The van der Waals surface area contributed by atoms with Crippen molar-refractivity contribution < 1.29 is 4.74 Å². The molecule has 1 aromatic carbocycles. The van der Waals surface area contributed by atoms with Crippen LogP contribution in [-0.4, -0.2) is 19.9 Å². The second-order valence-electron chi connectivity index (χ2n) is 2.81. The van der Waals surface area contributed by atoms with Crippen LogP contribution in [0.4, 0.5) is 0 Å². The second kappa shape index (κ2) is 5.36. The van der Waals surface area contributed by atoms with Gasteiger partial charge in [0.1, 0.15) is 5.75 Å². The Morgan fingerprint density at radius 3 is 2.54 bits per heavy atom. The molecule has 0 fully saturated rings. The minimum atomic E-state index is 0.882. The maximum Gasteiger partial charge on any atom is 0.118 e. The van der Waals surface area contributed by atoms with Crippen molar-refractivity contribution in [3.63, 3.8) is 0 Å². The highest BCUT2D eigenvalue weighted by Crippen LogP contribution is 2.09. The summed E-state index contributed by atoms with van der Waals surface area (Å²) in [4.78, 5) is 4.25. The van der Waals surface area contributed by atoms with E-state index in [1.807, 2.05) is 30.5 Å². The van der Waals surface area contributed by atoms with Crippen molar-refractivity contribution in [3.8, 4) is 5.75 Å². The van der Waals surface area contributed by atoms with Gasteiger partial charge in [-0.3, -0.25) is 4.99 Å². The van der Waals surface area contributed by atoms with Gasteiger partial charge in [0.25, 0.3) is 0 Å². The Labute approximate surface area is 79.3 Å². The van der Waals surface area contributed by atoms with Crippen molar-refractivity contribution in [2.24, 2.45) is 4.99 Å². The van der Waals surface area contributed by atoms with Crippen LogP contribution in [0.1, 0.15) is 18.9 Å². The van der Waals surface area contributed by atoms with E-state index in [2.05, 4.69) is 11.9 Å². The predicted molar refractivity (Wildman–Crippen MR) is 55.7 cm³/mol. The monoisotopic (exact) mass is 177 g/mol. The molecule has 1 rings (SSSR count). The third-order valence-electron chi connectivity index (χ3n) is 1.71. The highest BCUT2D eigenvalue weighted by molar-refractivity contribution is 5.79. The first-order valence-electron chi connectivity index (χ1n) is 4.50. The Bertz CT molecular complexity index is 264. The number of benzene rings is 1. The summed E-state index contributed by atoms with van der Waals surface area (Å²) in [6.45, 7) is 3.01. The van der Waals surface area contributed by atoms with Gasteiger partial charge >= 0.3 is 0 Å². The summed E-state index contributed by atoms with van der Waals surface area (Å²) >= 11 is 0. The van der Waals surface area contributed by atoms with Crippen molar-refractivity contribution in [1.29, 1.82) is 0 Å². The molecule has 2 nitrogen and oxygen atoms in total. The SMILES string of the molecule is CCC/N=C/c1ccc(OC)cc1. The first-order chi connectivity index (χ1) is 6.36. The van der Waals surface area contributed by atoms with E-state index in [-0.39, 0.29) is 0 Å². The molecule has 0 aliphatic rings. The van der Waals surface area contributed by atoms with Gasteiger partial charge in [-0.25, -0.2) is 0 Å². The molecule has 0 N–H and O–H groups in total. The molecular formula is C11H15NO. The van der Waals surface area contributed by atoms with Crippen LogP contribution in [0.2, 0.25) is 0 Å². The maximum absolute atomic E-state index is 5.05. The Hall–Kier alpha value is -1.31. The fraction of sp³-hybridized carbons (Fsp3) is 0.364. The van der Waals surface area contributed by atoms with Crippen molar-refractivity contribution >= 4 is 6.21 Å². The van der Waals surface area contributed by atoms with E-state index in [1.54, 1.807) is 7.11 Å². The number of hydrogen-bond donors (Lipinski definition) is 0. The third-order valence-corrected chi connectivity index (χ3v) is 1.71. The van der Waals surface area contributed by atoms with Crippen molar-refractivity contribution in [1.82, 2.24) is 0 Å². The summed E-state index contributed by atoms with van der Waals surface area (Å²) in [6, 6.07) is 7.87. The average Bonchev–Trinajstić information content (AvgIpc) is 2.19. The number of ether oxygens (including phenoxy) is 1. The van der Waals surface area contributed by atoms with Gasteiger partial charge in [-0.2, -0.15) is 0 Å². The molecule has 0 amide bonds. The number of methoxy groups -OCH3 is 1. The normalized spacial score (nSPS) is 10.6. The van der Waals surface area contributed by atoms with E-state index < -0.39 is 0 Å². The Balaban J connectivity index is 2.58. The minimum absolute atomic E-state index is 0.882. The number of aliphatic imine (C=N–C) groups is 1. The van der Waals surface area contributed by atoms with E-state index in [9.17, 15) is 0 Å². The van der Waals surface area contributed by atoms with Gasteiger partial charge in [-0.05, 0) is 36.2 Å². The van der Waals surface area contributed by atoms with E-state index in [1.165, 1.54) is 0 Å². The molecule has 70 valence electrons. The molecule has 0 aliphatic heterocycles. The summed E-state index contributed by atoms with van der Waals surface area (Å²) in [5.74, 6) is 0.882. The largest absolute Gasteiger partial charge is 0.497 e. The topological polar surface area (TPSA) is 21.6 Å². The summed E-state index contributed by atoms with van der Waals surface area (Å²) in [6.07, 6.45) is 2.98. The van der Waals surface area contributed by atoms with Crippen molar-refractivity contribution in [2.75, 3.05) is 13.7 Å². The third kappa shape index (κ3) is 3.28. The summed E-state index contributed by atoms with van der Waals surface area (Å²) in [7, 11) is 1.67. The van der Waals surface area contributed by atoms with Gasteiger partial charge in [0.05, 0.1) is 7.11 Å².